The van der Waals surface area contributed by atoms with Crippen LogP contribution in [0.2, 0.25) is 0 Å². The Labute approximate surface area is 79.2 Å². The molecule has 0 aliphatic carbocycles. The molecular weight excluding hydrogens is 168 g/mol. The summed E-state index contributed by atoms with van der Waals surface area (Å²) in [6, 6.07) is 2.13. The minimum Gasteiger partial charge on any atom is -0.282 e. The van der Waals surface area contributed by atoms with E-state index in [-0.39, 0.29) is 0 Å². The lowest BCUT2D eigenvalue weighted by Gasteiger charge is -2.02. The maximum Gasteiger partial charge on any atom is 0.0650 e. The van der Waals surface area contributed by atoms with Crippen LogP contribution in [0.4, 0.5) is 0 Å². The van der Waals surface area contributed by atoms with E-state index in [9.17, 15) is 0 Å². The number of nitrogens with zero attached hydrogens (tertiary/aromatic N) is 1. The van der Waals surface area contributed by atoms with Crippen LogP contribution >= 0.6 is 12.6 Å². The first-order valence-electron chi connectivity index (χ1n) is 4.31. The van der Waals surface area contributed by atoms with Crippen molar-refractivity contribution in [2.45, 2.75) is 32.6 Å². The number of aromatic nitrogens is 2. The number of aromatic amines is 1. The molecule has 0 spiro atoms. The van der Waals surface area contributed by atoms with Gasteiger partial charge in [-0.1, -0.05) is 20.8 Å². The van der Waals surface area contributed by atoms with Crippen molar-refractivity contribution < 1.29 is 0 Å². The van der Waals surface area contributed by atoms with E-state index in [1.807, 2.05) is 0 Å². The van der Waals surface area contributed by atoms with Crippen molar-refractivity contribution in [1.29, 1.82) is 0 Å². The molecule has 1 aromatic heterocycles. The van der Waals surface area contributed by atoms with Gasteiger partial charge in [-0.3, -0.25) is 5.10 Å². The van der Waals surface area contributed by atoms with Crippen molar-refractivity contribution in [1.82, 2.24) is 10.2 Å². The summed E-state index contributed by atoms with van der Waals surface area (Å²) in [7, 11) is 0. The minimum atomic E-state index is 0.466. The van der Waals surface area contributed by atoms with Gasteiger partial charge in [0, 0.05) is 11.6 Å². The van der Waals surface area contributed by atoms with Crippen molar-refractivity contribution >= 4 is 12.6 Å². The van der Waals surface area contributed by atoms with E-state index in [0.717, 1.165) is 11.4 Å². The van der Waals surface area contributed by atoms with Crippen LogP contribution in [-0.4, -0.2) is 16.0 Å². The topological polar surface area (TPSA) is 28.7 Å². The first-order valence-corrected chi connectivity index (χ1v) is 4.94. The average Bonchev–Trinajstić information content (AvgIpc) is 2.51. The van der Waals surface area contributed by atoms with Gasteiger partial charge in [-0.2, -0.15) is 17.7 Å². The molecular formula is C9H16N2S. The standard InChI is InChI=1S/C9H16N2S/c1-6(2)8-4-9(11-10-8)7(3)5-12/h4,6-7,12H,5H2,1-3H3,(H,10,11). The Hall–Kier alpha value is -0.440. The largest absolute Gasteiger partial charge is 0.282 e. The molecule has 12 heavy (non-hydrogen) atoms. The highest BCUT2D eigenvalue weighted by atomic mass is 32.1. The van der Waals surface area contributed by atoms with Crippen molar-refractivity contribution in [2.24, 2.45) is 0 Å². The molecule has 0 aliphatic rings. The van der Waals surface area contributed by atoms with Crippen LogP contribution in [0.5, 0.6) is 0 Å². The molecule has 1 N–H and O–H groups in total. The van der Waals surface area contributed by atoms with E-state index in [0.29, 0.717) is 11.8 Å². The molecule has 0 bridgehead atoms. The Bertz CT molecular complexity index is 242. The van der Waals surface area contributed by atoms with Crippen LogP contribution in [0.1, 0.15) is 44.0 Å². The Morgan fingerprint density at radius 1 is 1.50 bits per heavy atom. The SMILES string of the molecule is CC(C)c1cc(C(C)CS)[nH]n1. The number of H-pyrrole nitrogens is 1. The summed E-state index contributed by atoms with van der Waals surface area (Å²) in [4.78, 5) is 0. The normalized spacial score (nSPS) is 13.8. The van der Waals surface area contributed by atoms with Crippen LogP contribution in [0.15, 0.2) is 6.07 Å². The zero-order chi connectivity index (χ0) is 9.14. The fourth-order valence-electron chi connectivity index (χ4n) is 1.000. The van der Waals surface area contributed by atoms with Gasteiger partial charge in [-0.25, -0.2) is 0 Å². The van der Waals surface area contributed by atoms with Crippen molar-refractivity contribution in [2.75, 3.05) is 5.75 Å². The zero-order valence-electron chi connectivity index (χ0n) is 7.83. The van der Waals surface area contributed by atoms with Crippen molar-refractivity contribution in [3.8, 4) is 0 Å². The summed E-state index contributed by atoms with van der Waals surface area (Å²) in [5.74, 6) is 1.83. The van der Waals surface area contributed by atoms with Crippen LogP contribution in [-0.2, 0) is 0 Å². The van der Waals surface area contributed by atoms with Crippen LogP contribution in [0.3, 0.4) is 0 Å². The van der Waals surface area contributed by atoms with Gasteiger partial charge < -0.3 is 0 Å². The summed E-state index contributed by atoms with van der Waals surface area (Å²) in [5.41, 5.74) is 2.33. The molecule has 0 radical (unpaired) electrons. The molecule has 1 rings (SSSR count). The lowest BCUT2D eigenvalue weighted by atomic mass is 10.1. The highest BCUT2D eigenvalue weighted by Gasteiger charge is 2.09. The quantitative estimate of drug-likeness (QED) is 0.694. The molecule has 3 heteroatoms. The van der Waals surface area contributed by atoms with Crippen LogP contribution in [0, 0.1) is 0 Å². The molecule has 68 valence electrons. The number of nitrogens with one attached hydrogen (secondary N) is 1. The second-order valence-electron chi connectivity index (χ2n) is 3.49. The molecule has 1 atom stereocenters. The first kappa shape index (κ1) is 9.65. The van der Waals surface area contributed by atoms with Crippen LogP contribution in [0.25, 0.3) is 0 Å². The molecule has 0 aliphatic heterocycles. The first-order chi connectivity index (χ1) is 5.65. The third kappa shape index (κ3) is 2.03. The van der Waals surface area contributed by atoms with E-state index >= 15 is 0 Å². The summed E-state index contributed by atoms with van der Waals surface area (Å²) in [6.07, 6.45) is 0. The summed E-state index contributed by atoms with van der Waals surface area (Å²) in [6.45, 7) is 6.43. The van der Waals surface area contributed by atoms with E-state index in [4.69, 9.17) is 0 Å². The molecule has 0 saturated carbocycles. The molecule has 1 heterocycles. The molecule has 0 fully saturated rings. The Morgan fingerprint density at radius 2 is 2.17 bits per heavy atom. The number of hydrogen-bond acceptors (Lipinski definition) is 2. The van der Waals surface area contributed by atoms with Gasteiger partial charge >= 0.3 is 0 Å². The molecule has 0 aromatic carbocycles. The predicted molar refractivity (Wildman–Crippen MR) is 54.9 cm³/mol. The lowest BCUT2D eigenvalue weighted by Crippen LogP contribution is -1.94. The van der Waals surface area contributed by atoms with Crippen molar-refractivity contribution in [3.63, 3.8) is 0 Å². The molecule has 1 aromatic rings. The monoisotopic (exact) mass is 184 g/mol. The van der Waals surface area contributed by atoms with Gasteiger partial charge in [0.15, 0.2) is 0 Å². The smallest absolute Gasteiger partial charge is 0.0650 e. The Morgan fingerprint density at radius 3 is 2.58 bits per heavy atom. The van der Waals surface area contributed by atoms with E-state index in [1.165, 1.54) is 5.69 Å². The maximum atomic E-state index is 4.24. The highest BCUT2D eigenvalue weighted by molar-refractivity contribution is 7.80. The minimum absolute atomic E-state index is 0.466. The number of thiol groups is 1. The van der Waals surface area contributed by atoms with E-state index in [1.54, 1.807) is 0 Å². The average molecular weight is 184 g/mol. The fourth-order valence-corrected chi connectivity index (χ4v) is 1.20. The van der Waals surface area contributed by atoms with Gasteiger partial charge in [-0.05, 0) is 17.7 Å². The fraction of sp³-hybridized carbons (Fsp3) is 0.667. The van der Waals surface area contributed by atoms with Crippen molar-refractivity contribution in [3.05, 3.63) is 17.5 Å². The van der Waals surface area contributed by atoms with Crippen LogP contribution < -0.4 is 0 Å². The summed E-state index contributed by atoms with van der Waals surface area (Å²) in [5, 5.41) is 7.26. The third-order valence-electron chi connectivity index (χ3n) is 2.01. The molecule has 0 amide bonds. The number of rotatable bonds is 3. The zero-order valence-corrected chi connectivity index (χ0v) is 8.73. The van der Waals surface area contributed by atoms with E-state index in [2.05, 4.69) is 49.7 Å². The summed E-state index contributed by atoms with van der Waals surface area (Å²) < 4.78 is 0. The van der Waals surface area contributed by atoms with Gasteiger partial charge in [0.25, 0.3) is 0 Å². The second-order valence-corrected chi connectivity index (χ2v) is 3.85. The predicted octanol–water partition coefficient (Wildman–Crippen LogP) is 2.57. The Balaban J connectivity index is 2.77. The third-order valence-corrected chi connectivity index (χ3v) is 2.56. The lowest BCUT2D eigenvalue weighted by molar-refractivity contribution is 0.796. The van der Waals surface area contributed by atoms with Gasteiger partial charge in [0.2, 0.25) is 0 Å². The molecule has 2 nitrogen and oxygen atoms in total. The van der Waals surface area contributed by atoms with Gasteiger partial charge in [0.1, 0.15) is 0 Å². The molecule has 0 saturated heterocycles. The maximum absolute atomic E-state index is 4.24. The summed E-state index contributed by atoms with van der Waals surface area (Å²) >= 11 is 4.24. The van der Waals surface area contributed by atoms with Gasteiger partial charge in [0.05, 0.1) is 5.69 Å². The second kappa shape index (κ2) is 3.99. The molecule has 1 unspecified atom stereocenters. The highest BCUT2D eigenvalue weighted by Crippen LogP contribution is 2.18. The van der Waals surface area contributed by atoms with Gasteiger partial charge in [-0.15, -0.1) is 0 Å². The number of hydrogen-bond donors (Lipinski definition) is 2. The van der Waals surface area contributed by atoms with E-state index < -0.39 is 0 Å². The Kier molecular flexibility index (Phi) is 3.20.